The maximum atomic E-state index is 12.1. The number of hydrogen-bond acceptors (Lipinski definition) is 4. The molecule has 0 fully saturated rings. The maximum absolute atomic E-state index is 12.1. The van der Waals surface area contributed by atoms with Crippen molar-refractivity contribution in [3.8, 4) is 5.75 Å². The van der Waals surface area contributed by atoms with Gasteiger partial charge >= 0.3 is 5.97 Å². The SMILES string of the molecule is CCC(CC)NS(=O)(=O)c1ccc(O)c(C(=O)O)c1. The van der Waals surface area contributed by atoms with Gasteiger partial charge in [-0.2, -0.15) is 0 Å². The van der Waals surface area contributed by atoms with E-state index in [1.165, 1.54) is 6.07 Å². The highest BCUT2D eigenvalue weighted by atomic mass is 32.2. The fourth-order valence-corrected chi connectivity index (χ4v) is 3.02. The lowest BCUT2D eigenvalue weighted by molar-refractivity contribution is 0.0693. The van der Waals surface area contributed by atoms with Crippen molar-refractivity contribution in [2.75, 3.05) is 0 Å². The summed E-state index contributed by atoms with van der Waals surface area (Å²) in [5, 5.41) is 18.2. The molecular weight excluding hydrogens is 270 g/mol. The van der Waals surface area contributed by atoms with Gasteiger partial charge in [0.1, 0.15) is 11.3 Å². The van der Waals surface area contributed by atoms with Crippen LogP contribution in [-0.2, 0) is 10.0 Å². The molecule has 1 aromatic rings. The lowest BCUT2D eigenvalue weighted by Crippen LogP contribution is -2.33. The van der Waals surface area contributed by atoms with Gasteiger partial charge in [0.2, 0.25) is 10.0 Å². The number of nitrogens with one attached hydrogen (secondary N) is 1. The van der Waals surface area contributed by atoms with Crippen LogP contribution in [0.1, 0.15) is 37.0 Å². The van der Waals surface area contributed by atoms with Crippen molar-refractivity contribution in [2.45, 2.75) is 37.6 Å². The number of phenols is 1. The molecule has 0 unspecified atom stereocenters. The van der Waals surface area contributed by atoms with Gasteiger partial charge in [-0.15, -0.1) is 0 Å². The Morgan fingerprint density at radius 2 is 1.89 bits per heavy atom. The molecule has 7 heteroatoms. The summed E-state index contributed by atoms with van der Waals surface area (Å²) in [5.41, 5.74) is -0.438. The fourth-order valence-electron chi connectivity index (χ4n) is 1.60. The molecule has 0 aliphatic rings. The van der Waals surface area contributed by atoms with Gasteiger partial charge in [0.15, 0.2) is 0 Å². The van der Waals surface area contributed by atoms with Crippen LogP contribution < -0.4 is 4.72 Å². The summed E-state index contributed by atoms with van der Waals surface area (Å²) < 4.78 is 26.6. The summed E-state index contributed by atoms with van der Waals surface area (Å²) in [6, 6.07) is 2.98. The molecule has 19 heavy (non-hydrogen) atoms. The van der Waals surface area contributed by atoms with Gasteiger partial charge in [0.05, 0.1) is 4.90 Å². The highest BCUT2D eigenvalue weighted by molar-refractivity contribution is 7.89. The van der Waals surface area contributed by atoms with Crippen LogP contribution in [0.2, 0.25) is 0 Å². The number of aromatic carboxylic acids is 1. The summed E-state index contributed by atoms with van der Waals surface area (Å²) in [4.78, 5) is 10.7. The molecule has 0 spiro atoms. The van der Waals surface area contributed by atoms with Crippen molar-refractivity contribution in [1.82, 2.24) is 4.72 Å². The van der Waals surface area contributed by atoms with E-state index < -0.39 is 27.3 Å². The molecule has 0 saturated carbocycles. The molecule has 6 nitrogen and oxygen atoms in total. The third kappa shape index (κ3) is 3.68. The minimum atomic E-state index is -3.78. The zero-order valence-corrected chi connectivity index (χ0v) is 11.6. The van der Waals surface area contributed by atoms with Gasteiger partial charge in [-0.1, -0.05) is 13.8 Å². The molecule has 0 aromatic heterocycles. The standard InChI is InChI=1S/C12H17NO5S/c1-3-8(4-2)13-19(17,18)9-5-6-11(14)10(7-9)12(15)16/h5-8,13-14H,3-4H2,1-2H3,(H,15,16). The Kier molecular flexibility index (Phi) is 4.90. The Labute approximate surface area is 112 Å². The van der Waals surface area contributed by atoms with Crippen LogP contribution in [0.15, 0.2) is 23.1 Å². The van der Waals surface area contributed by atoms with E-state index in [0.29, 0.717) is 12.8 Å². The van der Waals surface area contributed by atoms with Crippen LogP contribution in [0.4, 0.5) is 0 Å². The Morgan fingerprint density at radius 3 is 2.37 bits per heavy atom. The molecule has 106 valence electrons. The zero-order valence-electron chi connectivity index (χ0n) is 10.8. The lowest BCUT2D eigenvalue weighted by atomic mass is 10.2. The highest BCUT2D eigenvalue weighted by Crippen LogP contribution is 2.21. The Balaban J connectivity index is 3.15. The average molecular weight is 287 g/mol. The van der Waals surface area contributed by atoms with E-state index >= 15 is 0 Å². The topological polar surface area (TPSA) is 104 Å². The zero-order chi connectivity index (χ0) is 14.6. The Morgan fingerprint density at radius 1 is 1.32 bits per heavy atom. The van der Waals surface area contributed by atoms with Crippen molar-refractivity contribution in [3.05, 3.63) is 23.8 Å². The summed E-state index contributed by atoms with van der Waals surface area (Å²) in [5.74, 6) is -1.84. The van der Waals surface area contributed by atoms with Crippen molar-refractivity contribution in [1.29, 1.82) is 0 Å². The monoisotopic (exact) mass is 287 g/mol. The molecule has 1 rings (SSSR count). The Hall–Kier alpha value is -1.60. The maximum Gasteiger partial charge on any atom is 0.339 e. The number of carboxylic acid groups (broad SMARTS) is 1. The number of carbonyl (C=O) groups is 1. The number of benzene rings is 1. The summed E-state index contributed by atoms with van der Waals surface area (Å²) in [7, 11) is -3.78. The first-order valence-corrected chi connectivity index (χ1v) is 7.38. The minimum Gasteiger partial charge on any atom is -0.507 e. The predicted octanol–water partition coefficient (Wildman–Crippen LogP) is 1.56. The van der Waals surface area contributed by atoms with Crippen LogP contribution in [0, 0.1) is 0 Å². The van der Waals surface area contributed by atoms with E-state index in [4.69, 9.17) is 5.11 Å². The van der Waals surface area contributed by atoms with Gasteiger partial charge in [-0.25, -0.2) is 17.9 Å². The second kappa shape index (κ2) is 6.03. The van der Waals surface area contributed by atoms with Crippen molar-refractivity contribution in [2.24, 2.45) is 0 Å². The number of hydrogen-bond donors (Lipinski definition) is 3. The summed E-state index contributed by atoms with van der Waals surface area (Å²) >= 11 is 0. The Bertz CT molecular complexity index is 563. The van der Waals surface area contributed by atoms with Crippen LogP contribution in [0.5, 0.6) is 5.75 Å². The third-order valence-corrected chi connectivity index (χ3v) is 4.33. The number of aromatic hydroxyl groups is 1. The number of sulfonamides is 1. The molecule has 3 N–H and O–H groups in total. The number of carboxylic acids is 1. The van der Waals surface area contributed by atoms with Gasteiger partial charge in [-0.3, -0.25) is 0 Å². The van der Waals surface area contributed by atoms with E-state index in [1.807, 2.05) is 13.8 Å². The van der Waals surface area contributed by atoms with Crippen LogP contribution in [0.25, 0.3) is 0 Å². The fraction of sp³-hybridized carbons (Fsp3) is 0.417. The largest absolute Gasteiger partial charge is 0.507 e. The molecule has 0 radical (unpaired) electrons. The molecule has 0 aliphatic carbocycles. The minimum absolute atomic E-state index is 0.172. The second-order valence-corrected chi connectivity index (χ2v) is 5.83. The molecule has 0 atom stereocenters. The first kappa shape index (κ1) is 15.5. The summed E-state index contributed by atoms with van der Waals surface area (Å²) in [6.07, 6.45) is 1.28. The van der Waals surface area contributed by atoms with E-state index in [9.17, 15) is 18.3 Å². The van der Waals surface area contributed by atoms with Crippen LogP contribution >= 0.6 is 0 Å². The molecule has 0 saturated heterocycles. The quantitative estimate of drug-likeness (QED) is 0.736. The molecule has 0 heterocycles. The third-order valence-electron chi connectivity index (χ3n) is 2.82. The highest BCUT2D eigenvalue weighted by Gasteiger charge is 2.21. The molecule has 0 bridgehead atoms. The van der Waals surface area contributed by atoms with Crippen LogP contribution in [-0.4, -0.2) is 30.6 Å². The second-order valence-electron chi connectivity index (χ2n) is 4.12. The van der Waals surface area contributed by atoms with E-state index in [2.05, 4.69) is 4.72 Å². The molecule has 1 aromatic carbocycles. The normalized spacial score (nSPS) is 11.7. The average Bonchev–Trinajstić information content (AvgIpc) is 2.35. The van der Waals surface area contributed by atoms with Crippen LogP contribution in [0.3, 0.4) is 0 Å². The van der Waals surface area contributed by atoms with Gasteiger partial charge in [0.25, 0.3) is 0 Å². The summed E-state index contributed by atoms with van der Waals surface area (Å²) in [6.45, 7) is 3.71. The van der Waals surface area contributed by atoms with E-state index in [-0.39, 0.29) is 10.9 Å². The molecule has 0 amide bonds. The van der Waals surface area contributed by atoms with Crippen molar-refractivity contribution in [3.63, 3.8) is 0 Å². The van der Waals surface area contributed by atoms with E-state index in [1.54, 1.807) is 0 Å². The lowest BCUT2D eigenvalue weighted by Gasteiger charge is -2.15. The first-order chi connectivity index (χ1) is 8.81. The van der Waals surface area contributed by atoms with Gasteiger partial charge < -0.3 is 10.2 Å². The van der Waals surface area contributed by atoms with Gasteiger partial charge in [-0.05, 0) is 31.0 Å². The first-order valence-electron chi connectivity index (χ1n) is 5.90. The van der Waals surface area contributed by atoms with Gasteiger partial charge in [0, 0.05) is 6.04 Å². The van der Waals surface area contributed by atoms with Crippen molar-refractivity contribution >= 4 is 16.0 Å². The number of rotatable bonds is 6. The smallest absolute Gasteiger partial charge is 0.339 e. The molecule has 0 aliphatic heterocycles. The molecular formula is C12H17NO5S. The predicted molar refractivity (Wildman–Crippen MR) is 69.8 cm³/mol. The van der Waals surface area contributed by atoms with Crippen molar-refractivity contribution < 1.29 is 23.4 Å². The van der Waals surface area contributed by atoms with E-state index in [0.717, 1.165) is 12.1 Å².